The van der Waals surface area contributed by atoms with Crippen molar-refractivity contribution in [3.05, 3.63) is 330 Å². The van der Waals surface area contributed by atoms with Crippen LogP contribution in [-0.2, 0) is 39.3 Å². The Labute approximate surface area is 643 Å². The smallest absolute Gasteiger partial charge is 0.335 e. The van der Waals surface area contributed by atoms with Gasteiger partial charge in [-0.25, -0.2) is 18.0 Å². The summed E-state index contributed by atoms with van der Waals surface area (Å²) in [6.07, 6.45) is 14.3. The number of aromatic carboxylic acids is 1. The van der Waals surface area contributed by atoms with Gasteiger partial charge in [0.1, 0.15) is 17.5 Å². The van der Waals surface area contributed by atoms with Crippen molar-refractivity contribution in [1.29, 1.82) is 0 Å². The number of nitrogens with two attached hydrogens (primary N) is 1. The van der Waals surface area contributed by atoms with E-state index in [1.807, 2.05) is 0 Å². The number of carbonyl (C=O) groups is 3. The molecule has 0 bridgehead atoms. The lowest BCUT2D eigenvalue weighted by atomic mass is 10.1. The van der Waals surface area contributed by atoms with Crippen molar-refractivity contribution in [1.82, 2.24) is 54.2 Å². The molecule has 0 aliphatic carbocycles. The van der Waals surface area contributed by atoms with E-state index in [0.717, 1.165) is 37.7 Å². The molecular formula is C77H61Cl7F4N12O7. The molecule has 19 nitrogen and oxygen atoms in total. The van der Waals surface area contributed by atoms with Crippen LogP contribution in [0, 0.1) is 17.5 Å². The number of pyridine rings is 6. The van der Waals surface area contributed by atoms with Gasteiger partial charge >= 0.3 is 5.97 Å². The van der Waals surface area contributed by atoms with Crippen molar-refractivity contribution >= 4 is 165 Å². The molecule has 8 N–H and O–H groups in total. The first-order valence-electron chi connectivity index (χ1n) is 32.1. The van der Waals surface area contributed by atoms with Gasteiger partial charge in [-0.2, -0.15) is 0 Å². The number of alkyl halides is 1. The number of aromatic nitrogens is 9. The summed E-state index contributed by atoms with van der Waals surface area (Å²) < 4.78 is 62.0. The van der Waals surface area contributed by atoms with Crippen molar-refractivity contribution in [3.63, 3.8) is 0 Å². The highest BCUT2D eigenvalue weighted by atomic mass is 35.5. The summed E-state index contributed by atoms with van der Waals surface area (Å²) in [5.41, 5.74) is 10.2. The Morgan fingerprint density at radius 2 is 0.776 bits per heavy atom. The minimum absolute atomic E-state index is 0. The molecule has 548 valence electrons. The minimum Gasteiger partial charge on any atom is -0.478 e. The van der Waals surface area contributed by atoms with Gasteiger partial charge in [0.2, 0.25) is 0 Å². The molecule has 9 aromatic heterocycles. The van der Waals surface area contributed by atoms with Crippen molar-refractivity contribution in [3.8, 4) is 0 Å². The van der Waals surface area contributed by atoms with Gasteiger partial charge in [0.25, 0.3) is 28.5 Å². The van der Waals surface area contributed by atoms with Crippen molar-refractivity contribution in [2.75, 3.05) is 7.15 Å². The molecule has 0 radical (unpaired) electrons. The molecule has 15 rings (SSSR count). The van der Waals surface area contributed by atoms with Gasteiger partial charge < -0.3 is 50.1 Å². The average Bonchev–Trinajstić information content (AvgIpc) is 1.19. The van der Waals surface area contributed by atoms with E-state index in [9.17, 15) is 46.3 Å². The van der Waals surface area contributed by atoms with Crippen LogP contribution in [0.3, 0.4) is 0 Å². The molecule has 0 spiro atoms. The Morgan fingerprint density at radius 3 is 1.10 bits per heavy atom. The highest BCUT2D eigenvalue weighted by Gasteiger charge is 2.17. The number of carbonyl (C=O) groups excluding carboxylic acids is 2. The lowest BCUT2D eigenvalue weighted by molar-refractivity contribution is 0.0695. The first kappa shape index (κ1) is 78.7. The molecular weight excluding hydrogens is 1530 g/mol. The average molecular weight is 1590 g/mol. The summed E-state index contributed by atoms with van der Waals surface area (Å²) in [5, 5.41) is 24.7. The van der Waals surface area contributed by atoms with E-state index in [1.165, 1.54) is 80.8 Å². The summed E-state index contributed by atoms with van der Waals surface area (Å²) >= 11 is 36.2. The number of carboxylic acid groups (broad SMARTS) is 1. The van der Waals surface area contributed by atoms with Gasteiger partial charge in [0.05, 0.1) is 65.9 Å². The molecule has 0 unspecified atom stereocenters. The SMILES string of the molecule is C.Cl.NCc1cc2c(Cl)c[nH]c2cc1F.O=C(NCc1cc2c(Cl)c[nH]c2cc1F)c1ccnc(Cn2cc3cc(Cl)ccc3cc2=O)c1.O=C(NCc1cc2c(Cl)c[nH]c2cc1F)c1ccnc(Cn2cc3cc(Cl)ccc3cc2=O)c1.O=C(O)c1ccnc(Cn2cc3cc(Cl)ccc3cc2=O)c1.[2H]CF. The predicted octanol–water partition coefficient (Wildman–Crippen LogP) is 17.5. The van der Waals surface area contributed by atoms with Crippen LogP contribution in [0.15, 0.2) is 216 Å². The molecule has 9 heterocycles. The maximum Gasteiger partial charge on any atom is 0.335 e. The molecule has 0 saturated carbocycles. The Bertz CT molecular complexity index is 5820. The van der Waals surface area contributed by atoms with Crippen LogP contribution in [0.2, 0.25) is 30.1 Å². The maximum absolute atomic E-state index is 14.4. The zero-order valence-corrected chi connectivity index (χ0v) is 60.2. The van der Waals surface area contributed by atoms with Crippen LogP contribution in [0.5, 0.6) is 0 Å². The second-order valence-corrected chi connectivity index (χ2v) is 25.9. The van der Waals surface area contributed by atoms with Crippen LogP contribution in [0.25, 0.3) is 65.0 Å². The quantitative estimate of drug-likeness (QED) is 0.0503. The van der Waals surface area contributed by atoms with E-state index in [1.54, 1.807) is 134 Å². The highest BCUT2D eigenvalue weighted by molar-refractivity contribution is 6.36. The number of amides is 2. The molecule has 0 saturated heterocycles. The molecule has 2 amide bonds. The second kappa shape index (κ2) is 36.0. The summed E-state index contributed by atoms with van der Waals surface area (Å²) in [4.78, 5) is 94.9. The van der Waals surface area contributed by atoms with E-state index in [-0.39, 0.29) is 99.0 Å². The molecule has 0 aliphatic rings. The van der Waals surface area contributed by atoms with Crippen LogP contribution >= 0.6 is 82.0 Å². The van der Waals surface area contributed by atoms with Gasteiger partial charge in [-0.3, -0.25) is 43.3 Å². The molecule has 15 aromatic rings. The fraction of sp³-hybridized carbons (Fsp3) is 0.104. The Balaban J connectivity index is 0.000000171. The van der Waals surface area contributed by atoms with Crippen molar-refractivity contribution in [2.45, 2.75) is 46.7 Å². The van der Waals surface area contributed by atoms with Crippen molar-refractivity contribution < 1.29 is 38.4 Å². The molecule has 30 heteroatoms. The van der Waals surface area contributed by atoms with Crippen LogP contribution in [0.4, 0.5) is 17.6 Å². The maximum atomic E-state index is 14.4. The lowest BCUT2D eigenvalue weighted by Gasteiger charge is -2.10. The molecule has 6 aromatic carbocycles. The zero-order chi connectivity index (χ0) is 75.5. The largest absolute Gasteiger partial charge is 0.478 e. The number of rotatable bonds is 14. The number of fused-ring (bicyclic) bond motifs is 6. The number of nitrogens with one attached hydrogen (secondary N) is 5. The van der Waals surface area contributed by atoms with Gasteiger partial charge in [-0.1, -0.05) is 95.2 Å². The Kier molecular flexibility index (Phi) is 26.5. The van der Waals surface area contributed by atoms with Gasteiger partial charge in [0.15, 0.2) is 0 Å². The van der Waals surface area contributed by atoms with E-state index >= 15 is 0 Å². The second-order valence-electron chi connectivity index (χ2n) is 23.4. The van der Waals surface area contributed by atoms with Gasteiger partial charge in [-0.05, 0) is 142 Å². The number of hydrogen-bond acceptors (Lipinski definition) is 10. The van der Waals surface area contributed by atoms with E-state index in [4.69, 9.17) is 81.8 Å². The fourth-order valence-corrected chi connectivity index (χ4v) is 12.3. The van der Waals surface area contributed by atoms with Crippen LogP contribution in [-0.4, -0.2) is 73.6 Å². The highest BCUT2D eigenvalue weighted by Crippen LogP contribution is 2.30. The molecule has 0 fully saturated rings. The molecule has 0 atom stereocenters. The monoisotopic (exact) mass is 1590 g/mol. The van der Waals surface area contributed by atoms with E-state index in [2.05, 4.69) is 40.5 Å². The van der Waals surface area contributed by atoms with Crippen LogP contribution in [0.1, 0.15) is 73.6 Å². The molecule has 0 aliphatic heterocycles. The number of aromatic amines is 3. The first-order valence-corrected chi connectivity index (χ1v) is 33.6. The van der Waals surface area contributed by atoms with E-state index in [0.29, 0.717) is 102 Å². The topological polar surface area (TPSA) is 274 Å². The predicted molar refractivity (Wildman–Crippen MR) is 418 cm³/mol. The minimum atomic E-state index is -1.03. The van der Waals surface area contributed by atoms with E-state index < -0.39 is 24.8 Å². The number of carboxylic acids is 1. The Hall–Kier alpha value is -10.9. The summed E-state index contributed by atoms with van der Waals surface area (Å²) in [7, 11) is -1.00. The lowest BCUT2D eigenvalue weighted by Crippen LogP contribution is -2.24. The first-order chi connectivity index (χ1) is 50.9. The third kappa shape index (κ3) is 19.6. The Morgan fingerprint density at radius 1 is 0.467 bits per heavy atom. The zero-order valence-electron chi connectivity index (χ0n) is 55.8. The number of nitrogens with zero attached hydrogens (tertiary/aromatic N) is 6. The van der Waals surface area contributed by atoms with Gasteiger partial charge in [-0.15, -0.1) is 12.4 Å². The van der Waals surface area contributed by atoms with Crippen LogP contribution < -0.4 is 33.0 Å². The van der Waals surface area contributed by atoms with Crippen molar-refractivity contribution in [2.24, 2.45) is 5.73 Å². The number of hydrogen-bond donors (Lipinski definition) is 7. The normalized spacial score (nSPS) is 10.9. The number of H-pyrrole nitrogens is 3. The number of benzene rings is 6. The summed E-state index contributed by atoms with van der Waals surface area (Å²) in [6, 6.07) is 38.7. The van der Waals surface area contributed by atoms with Gasteiger partial charge in [0, 0.05) is 169 Å². The standard InChI is InChI=1S/2C25H17Cl2FN4O2.C16H11ClN2O3.C9H8ClFN2.CH3F.CH4.ClH/c2*26-18-2-1-14-8-24(33)32(12-17(14)5-18)13-19-6-15(3-4-29-19)25(34)31-10-16-7-20-21(27)11-30-23(20)9-22(16)28;17-13-2-1-10-7-15(20)19(8-12(10)5-13)9-14-6-11(16(21)22)3-4-18-14;10-7-4-13-9-2-8(11)5(3-12)1-6(7)9;1-2;;/h2*1-9,11-12,30H,10,13H2,(H,31,34);1-8H,9H2,(H,21,22);1-2,4,13H,3,12H2;1H3;1H4;1H/i;;;;1D;;. The third-order valence-corrected chi connectivity index (χ3v) is 18.1. The number of halogens is 11. The summed E-state index contributed by atoms with van der Waals surface area (Å²) in [6.45, 7) is 0.723. The fourth-order valence-electron chi connectivity index (χ4n) is 11.2. The summed E-state index contributed by atoms with van der Waals surface area (Å²) in [5.74, 6) is -2.99. The third-order valence-electron chi connectivity index (χ3n) is 16.4. The molecule has 107 heavy (non-hydrogen) atoms.